The van der Waals surface area contributed by atoms with Gasteiger partial charge in [0.1, 0.15) is 6.07 Å². The van der Waals surface area contributed by atoms with E-state index in [4.69, 9.17) is 5.26 Å². The maximum absolute atomic E-state index is 12.8. The highest BCUT2D eigenvalue weighted by atomic mass is 16.1. The molecule has 0 aromatic heterocycles. The molecule has 3 nitrogen and oxygen atoms in total. The molecular formula is C18H20N2O. The minimum absolute atomic E-state index is 0.145. The molecule has 21 heavy (non-hydrogen) atoms. The number of anilines is 1. The molecule has 1 amide bonds. The van der Waals surface area contributed by atoms with Crippen LogP contribution in [0, 0.1) is 40.9 Å². The summed E-state index contributed by atoms with van der Waals surface area (Å²) in [4.78, 5) is 12.8. The Morgan fingerprint density at radius 3 is 2.29 bits per heavy atom. The first-order valence-corrected chi connectivity index (χ1v) is 8.04. The molecule has 3 heteroatoms. The van der Waals surface area contributed by atoms with Crippen LogP contribution in [-0.4, -0.2) is 5.91 Å². The van der Waals surface area contributed by atoms with Crippen LogP contribution < -0.4 is 5.32 Å². The molecule has 0 aliphatic heterocycles. The fourth-order valence-electron chi connectivity index (χ4n) is 5.26. The van der Waals surface area contributed by atoms with E-state index >= 15 is 0 Å². The molecule has 0 heterocycles. The number of rotatable bonds is 2. The van der Waals surface area contributed by atoms with Gasteiger partial charge < -0.3 is 5.32 Å². The number of nitriles is 1. The average molecular weight is 280 g/mol. The van der Waals surface area contributed by atoms with Crippen molar-refractivity contribution in [1.29, 1.82) is 5.26 Å². The smallest absolute Gasteiger partial charge is 0.228 e. The topological polar surface area (TPSA) is 52.9 Å². The number of hydrogen-bond acceptors (Lipinski definition) is 2. The van der Waals surface area contributed by atoms with Crippen molar-refractivity contribution in [3.05, 3.63) is 29.8 Å². The van der Waals surface area contributed by atoms with Gasteiger partial charge in [0.2, 0.25) is 5.91 Å². The van der Waals surface area contributed by atoms with Gasteiger partial charge in [-0.2, -0.15) is 5.26 Å². The second-order valence-electron chi connectivity index (χ2n) is 7.10. The van der Waals surface area contributed by atoms with Gasteiger partial charge in [-0.3, -0.25) is 4.79 Å². The third-order valence-corrected chi connectivity index (χ3v) is 5.83. The Labute approximate surface area is 125 Å². The van der Waals surface area contributed by atoms with Gasteiger partial charge >= 0.3 is 0 Å². The largest absolute Gasteiger partial charge is 0.325 e. The molecule has 0 spiro atoms. The lowest BCUT2D eigenvalue weighted by molar-refractivity contribution is -0.132. The lowest BCUT2D eigenvalue weighted by Gasteiger charge is -2.53. The zero-order valence-electron chi connectivity index (χ0n) is 12.1. The number of nitrogens with one attached hydrogen (secondary N) is 1. The number of hydrogen-bond donors (Lipinski definition) is 1. The van der Waals surface area contributed by atoms with Crippen molar-refractivity contribution in [2.75, 3.05) is 5.32 Å². The normalized spacial score (nSPS) is 36.2. The monoisotopic (exact) mass is 280 g/mol. The number of amides is 1. The zero-order chi connectivity index (χ0) is 14.4. The Hall–Kier alpha value is -1.82. The summed E-state index contributed by atoms with van der Waals surface area (Å²) in [6, 6.07) is 9.43. The van der Waals surface area contributed by atoms with Crippen LogP contribution in [0.2, 0.25) is 0 Å². The van der Waals surface area contributed by atoms with E-state index in [2.05, 4.69) is 11.4 Å². The standard InChI is InChI=1S/C18H20N2O/c19-10-13-3-1-2-4-16(13)20-18(21)17-14-6-11-5-12(8-14)9-15(17)7-11/h1-4,11-12,14-15,17H,5-9H2,(H,20,21). The maximum atomic E-state index is 12.8. The van der Waals surface area contributed by atoms with E-state index in [-0.39, 0.29) is 11.8 Å². The summed E-state index contributed by atoms with van der Waals surface area (Å²) in [6.45, 7) is 0. The Morgan fingerprint density at radius 1 is 1.05 bits per heavy atom. The molecule has 5 rings (SSSR count). The molecule has 4 aliphatic carbocycles. The average Bonchev–Trinajstić information content (AvgIpc) is 2.46. The molecule has 1 N–H and O–H groups in total. The van der Waals surface area contributed by atoms with Gasteiger partial charge in [0.25, 0.3) is 0 Å². The molecule has 4 bridgehead atoms. The number of para-hydroxylation sites is 1. The molecule has 4 fully saturated rings. The van der Waals surface area contributed by atoms with Gasteiger partial charge in [-0.1, -0.05) is 12.1 Å². The van der Waals surface area contributed by atoms with E-state index in [1.165, 1.54) is 32.1 Å². The molecule has 0 unspecified atom stereocenters. The van der Waals surface area contributed by atoms with Gasteiger partial charge in [0, 0.05) is 5.92 Å². The summed E-state index contributed by atoms with van der Waals surface area (Å²) >= 11 is 0. The second-order valence-corrected chi connectivity index (χ2v) is 7.10. The third-order valence-electron chi connectivity index (χ3n) is 5.83. The van der Waals surface area contributed by atoms with Gasteiger partial charge in [0.15, 0.2) is 0 Å². The second kappa shape index (κ2) is 4.87. The zero-order valence-corrected chi connectivity index (χ0v) is 12.1. The van der Waals surface area contributed by atoms with Gasteiger partial charge in [-0.05, 0) is 67.9 Å². The van der Waals surface area contributed by atoms with Crippen molar-refractivity contribution in [2.45, 2.75) is 32.1 Å². The number of benzene rings is 1. The van der Waals surface area contributed by atoms with E-state index < -0.39 is 0 Å². The van der Waals surface area contributed by atoms with Crippen LogP contribution in [0.4, 0.5) is 5.69 Å². The Morgan fingerprint density at radius 2 is 1.67 bits per heavy atom. The van der Waals surface area contributed by atoms with Crippen LogP contribution >= 0.6 is 0 Å². The highest BCUT2D eigenvalue weighted by Gasteiger charge is 2.50. The first-order chi connectivity index (χ1) is 10.2. The molecule has 108 valence electrons. The maximum Gasteiger partial charge on any atom is 0.228 e. The summed E-state index contributed by atoms with van der Waals surface area (Å²) in [6.07, 6.45) is 6.37. The van der Waals surface area contributed by atoms with Crippen LogP contribution in [0.5, 0.6) is 0 Å². The lowest BCUT2D eigenvalue weighted by atomic mass is 9.51. The fourth-order valence-corrected chi connectivity index (χ4v) is 5.26. The summed E-state index contributed by atoms with van der Waals surface area (Å²) in [5, 5.41) is 12.2. The predicted octanol–water partition coefficient (Wildman–Crippen LogP) is 3.57. The van der Waals surface area contributed by atoms with E-state index in [9.17, 15) is 4.79 Å². The molecule has 1 aromatic rings. The SMILES string of the molecule is N#Cc1ccccc1NC(=O)C1C2CC3CC(C2)CC1C3. The van der Waals surface area contributed by atoms with Gasteiger partial charge in [0.05, 0.1) is 11.3 Å². The van der Waals surface area contributed by atoms with Crippen LogP contribution in [0.15, 0.2) is 24.3 Å². The first-order valence-electron chi connectivity index (χ1n) is 8.04. The van der Waals surface area contributed by atoms with Gasteiger partial charge in [-0.25, -0.2) is 0 Å². The molecule has 4 saturated carbocycles. The van der Waals surface area contributed by atoms with Crippen molar-refractivity contribution < 1.29 is 4.79 Å². The van der Waals surface area contributed by atoms with E-state index in [0.29, 0.717) is 23.1 Å². The summed E-state index contributed by atoms with van der Waals surface area (Å²) in [5.74, 6) is 3.23. The van der Waals surface area contributed by atoms with E-state index in [1.54, 1.807) is 6.07 Å². The highest BCUT2D eigenvalue weighted by molar-refractivity contribution is 5.94. The van der Waals surface area contributed by atoms with Crippen LogP contribution in [0.1, 0.15) is 37.7 Å². The lowest BCUT2D eigenvalue weighted by Crippen LogP contribution is -2.49. The molecule has 0 saturated heterocycles. The van der Waals surface area contributed by atoms with E-state index in [0.717, 1.165) is 11.8 Å². The molecule has 1 aromatic carbocycles. The minimum atomic E-state index is 0.145. The highest BCUT2D eigenvalue weighted by Crippen LogP contribution is 2.56. The van der Waals surface area contributed by atoms with Crippen molar-refractivity contribution in [3.8, 4) is 6.07 Å². The van der Waals surface area contributed by atoms with Crippen LogP contribution in [0.3, 0.4) is 0 Å². The summed E-state index contributed by atoms with van der Waals surface area (Å²) < 4.78 is 0. The third kappa shape index (κ3) is 2.14. The molecule has 4 aliphatic rings. The molecule has 0 radical (unpaired) electrons. The van der Waals surface area contributed by atoms with Crippen LogP contribution in [-0.2, 0) is 4.79 Å². The number of nitrogens with zero attached hydrogens (tertiary/aromatic N) is 1. The summed E-state index contributed by atoms with van der Waals surface area (Å²) in [5.41, 5.74) is 1.22. The quantitative estimate of drug-likeness (QED) is 0.900. The van der Waals surface area contributed by atoms with Crippen molar-refractivity contribution in [1.82, 2.24) is 0 Å². The minimum Gasteiger partial charge on any atom is -0.325 e. The van der Waals surface area contributed by atoms with E-state index in [1.807, 2.05) is 18.2 Å². The van der Waals surface area contributed by atoms with Gasteiger partial charge in [-0.15, -0.1) is 0 Å². The van der Waals surface area contributed by atoms with Crippen molar-refractivity contribution in [2.24, 2.45) is 29.6 Å². The Bertz CT molecular complexity index is 588. The van der Waals surface area contributed by atoms with Crippen molar-refractivity contribution >= 4 is 11.6 Å². The first kappa shape index (κ1) is 12.9. The summed E-state index contributed by atoms with van der Waals surface area (Å²) in [7, 11) is 0. The Kier molecular flexibility index (Phi) is 2.99. The fraction of sp³-hybridized carbons (Fsp3) is 0.556. The number of carbonyl (C=O) groups excluding carboxylic acids is 1. The van der Waals surface area contributed by atoms with Crippen molar-refractivity contribution in [3.63, 3.8) is 0 Å². The number of carbonyl (C=O) groups is 1. The predicted molar refractivity (Wildman–Crippen MR) is 80.3 cm³/mol. The molecule has 0 atom stereocenters. The van der Waals surface area contributed by atoms with Crippen LogP contribution in [0.25, 0.3) is 0 Å². The Balaban J connectivity index is 1.54. The molecular weight excluding hydrogens is 260 g/mol.